The van der Waals surface area contributed by atoms with Gasteiger partial charge in [-0.1, -0.05) is 24.3 Å². The molecular weight excluding hydrogens is 277 g/mol. The third-order valence-corrected chi connectivity index (χ3v) is 3.52. The Bertz CT molecular complexity index is 632. The van der Waals surface area contributed by atoms with Crippen molar-refractivity contribution < 1.29 is 4.39 Å². The molecule has 0 atom stereocenters. The standard InChI is InChI=1S/C18H20FN3/c1-22(18-6-3-2-5-17(18)19)12-4-11-21-14-16-9-7-15(13-20)8-10-16/h2-3,5-10,21H,4,11-12,14H2,1H3. The van der Waals surface area contributed by atoms with Crippen molar-refractivity contribution in [2.45, 2.75) is 13.0 Å². The van der Waals surface area contributed by atoms with Gasteiger partial charge in [-0.3, -0.25) is 0 Å². The lowest BCUT2D eigenvalue weighted by atomic mass is 10.1. The summed E-state index contributed by atoms with van der Waals surface area (Å²) in [6.07, 6.45) is 0.932. The van der Waals surface area contributed by atoms with Crippen molar-refractivity contribution in [3.8, 4) is 6.07 Å². The predicted molar refractivity (Wildman–Crippen MR) is 87.2 cm³/mol. The van der Waals surface area contributed by atoms with E-state index < -0.39 is 0 Å². The molecule has 0 unspecified atom stereocenters. The fourth-order valence-corrected chi connectivity index (χ4v) is 2.25. The molecule has 0 radical (unpaired) electrons. The topological polar surface area (TPSA) is 39.1 Å². The van der Waals surface area contributed by atoms with Crippen LogP contribution in [-0.2, 0) is 6.54 Å². The van der Waals surface area contributed by atoms with Gasteiger partial charge in [0.15, 0.2) is 0 Å². The van der Waals surface area contributed by atoms with E-state index in [1.165, 1.54) is 6.07 Å². The van der Waals surface area contributed by atoms with Gasteiger partial charge in [0.25, 0.3) is 0 Å². The molecule has 4 heteroatoms. The normalized spacial score (nSPS) is 10.2. The average Bonchev–Trinajstić information content (AvgIpc) is 2.55. The average molecular weight is 297 g/mol. The lowest BCUT2D eigenvalue weighted by molar-refractivity contribution is 0.612. The number of hydrogen-bond donors (Lipinski definition) is 1. The minimum absolute atomic E-state index is 0.185. The van der Waals surface area contributed by atoms with Crippen molar-refractivity contribution in [3.63, 3.8) is 0 Å². The summed E-state index contributed by atoms with van der Waals surface area (Å²) >= 11 is 0. The second-order valence-electron chi connectivity index (χ2n) is 5.21. The summed E-state index contributed by atoms with van der Waals surface area (Å²) in [6, 6.07) is 16.5. The first-order valence-electron chi connectivity index (χ1n) is 7.36. The molecule has 0 aliphatic rings. The lowest BCUT2D eigenvalue weighted by Gasteiger charge is -2.19. The van der Waals surface area contributed by atoms with E-state index in [1.807, 2.05) is 42.3 Å². The summed E-state index contributed by atoms with van der Waals surface area (Å²) in [5.41, 5.74) is 2.46. The van der Waals surface area contributed by atoms with Crippen LogP contribution in [0.15, 0.2) is 48.5 Å². The molecule has 0 saturated carbocycles. The van der Waals surface area contributed by atoms with Gasteiger partial charge in [-0.25, -0.2) is 4.39 Å². The Labute approximate surface area is 131 Å². The molecule has 2 aromatic carbocycles. The number of benzene rings is 2. The van der Waals surface area contributed by atoms with Crippen molar-refractivity contribution >= 4 is 5.69 Å². The van der Waals surface area contributed by atoms with Crippen LogP contribution in [0.25, 0.3) is 0 Å². The zero-order chi connectivity index (χ0) is 15.8. The van der Waals surface area contributed by atoms with Crippen molar-refractivity contribution in [2.24, 2.45) is 0 Å². The number of nitriles is 1. The Balaban J connectivity index is 1.69. The fraction of sp³-hybridized carbons (Fsp3) is 0.278. The van der Waals surface area contributed by atoms with E-state index in [-0.39, 0.29) is 5.82 Å². The molecule has 0 aromatic heterocycles. The maximum Gasteiger partial charge on any atom is 0.146 e. The molecule has 0 heterocycles. The molecule has 1 N–H and O–H groups in total. The summed E-state index contributed by atoms with van der Waals surface area (Å²) in [5.74, 6) is -0.185. The van der Waals surface area contributed by atoms with Gasteiger partial charge in [-0.05, 0) is 42.8 Å². The van der Waals surface area contributed by atoms with Gasteiger partial charge in [0.2, 0.25) is 0 Å². The predicted octanol–water partition coefficient (Wildman–Crippen LogP) is 3.31. The van der Waals surface area contributed by atoms with Crippen molar-refractivity contribution in [1.82, 2.24) is 5.32 Å². The number of halogens is 1. The molecule has 0 bridgehead atoms. The van der Waals surface area contributed by atoms with Gasteiger partial charge in [-0.2, -0.15) is 5.26 Å². The van der Waals surface area contributed by atoms with Crippen LogP contribution in [0.5, 0.6) is 0 Å². The minimum Gasteiger partial charge on any atom is -0.372 e. The zero-order valence-corrected chi connectivity index (χ0v) is 12.7. The molecule has 0 fully saturated rings. The fourth-order valence-electron chi connectivity index (χ4n) is 2.25. The van der Waals surface area contributed by atoms with E-state index in [2.05, 4.69) is 11.4 Å². The van der Waals surface area contributed by atoms with E-state index in [4.69, 9.17) is 5.26 Å². The maximum atomic E-state index is 13.6. The minimum atomic E-state index is -0.185. The summed E-state index contributed by atoms with van der Waals surface area (Å²) in [6.45, 7) is 2.43. The SMILES string of the molecule is CN(CCCNCc1ccc(C#N)cc1)c1ccccc1F. The molecule has 2 rings (SSSR count). The van der Waals surface area contributed by atoms with E-state index in [0.29, 0.717) is 11.3 Å². The van der Waals surface area contributed by atoms with Gasteiger partial charge in [0, 0.05) is 20.1 Å². The van der Waals surface area contributed by atoms with Crippen LogP contribution in [-0.4, -0.2) is 20.1 Å². The Kier molecular flexibility index (Phi) is 5.93. The van der Waals surface area contributed by atoms with E-state index in [0.717, 1.165) is 31.6 Å². The van der Waals surface area contributed by atoms with Crippen molar-refractivity contribution in [3.05, 3.63) is 65.5 Å². The molecule has 2 aromatic rings. The highest BCUT2D eigenvalue weighted by molar-refractivity contribution is 5.46. The summed E-state index contributed by atoms with van der Waals surface area (Å²) < 4.78 is 13.6. The van der Waals surface area contributed by atoms with Crippen LogP contribution in [0.1, 0.15) is 17.5 Å². The lowest BCUT2D eigenvalue weighted by Crippen LogP contribution is -2.24. The van der Waals surface area contributed by atoms with E-state index in [9.17, 15) is 4.39 Å². The Morgan fingerprint density at radius 1 is 1.14 bits per heavy atom. The quantitative estimate of drug-likeness (QED) is 0.797. The molecule has 3 nitrogen and oxygen atoms in total. The first-order valence-corrected chi connectivity index (χ1v) is 7.36. The number of anilines is 1. The van der Waals surface area contributed by atoms with Crippen molar-refractivity contribution in [1.29, 1.82) is 5.26 Å². The molecule has 0 spiro atoms. The van der Waals surface area contributed by atoms with Crippen LogP contribution in [0, 0.1) is 17.1 Å². The maximum absolute atomic E-state index is 13.6. The number of rotatable bonds is 7. The number of hydrogen-bond acceptors (Lipinski definition) is 3. The molecule has 0 amide bonds. The van der Waals surface area contributed by atoms with E-state index >= 15 is 0 Å². The summed E-state index contributed by atoms with van der Waals surface area (Å²) in [5, 5.41) is 12.1. The second kappa shape index (κ2) is 8.16. The third-order valence-electron chi connectivity index (χ3n) is 3.52. The van der Waals surface area contributed by atoms with Crippen LogP contribution >= 0.6 is 0 Å². The molecular formula is C18H20FN3. The third kappa shape index (κ3) is 4.57. The first kappa shape index (κ1) is 16.0. The van der Waals surface area contributed by atoms with E-state index in [1.54, 1.807) is 12.1 Å². The van der Waals surface area contributed by atoms with Gasteiger partial charge in [0.05, 0.1) is 17.3 Å². The monoisotopic (exact) mass is 297 g/mol. The first-order chi connectivity index (χ1) is 10.7. The zero-order valence-electron chi connectivity index (χ0n) is 12.7. The largest absolute Gasteiger partial charge is 0.372 e. The van der Waals surface area contributed by atoms with Crippen LogP contribution in [0.4, 0.5) is 10.1 Å². The second-order valence-corrected chi connectivity index (χ2v) is 5.21. The van der Waals surface area contributed by atoms with Crippen LogP contribution in [0.3, 0.4) is 0 Å². The van der Waals surface area contributed by atoms with Crippen LogP contribution in [0.2, 0.25) is 0 Å². The van der Waals surface area contributed by atoms with Gasteiger partial charge < -0.3 is 10.2 Å². The number of nitrogens with zero attached hydrogens (tertiary/aromatic N) is 2. The van der Waals surface area contributed by atoms with Gasteiger partial charge in [-0.15, -0.1) is 0 Å². The molecule has 114 valence electrons. The van der Waals surface area contributed by atoms with Gasteiger partial charge >= 0.3 is 0 Å². The highest BCUT2D eigenvalue weighted by atomic mass is 19.1. The summed E-state index contributed by atoms with van der Waals surface area (Å²) in [7, 11) is 1.90. The highest BCUT2D eigenvalue weighted by Crippen LogP contribution is 2.16. The number of nitrogens with one attached hydrogen (secondary N) is 1. The summed E-state index contributed by atoms with van der Waals surface area (Å²) in [4.78, 5) is 1.93. The Morgan fingerprint density at radius 2 is 1.86 bits per heavy atom. The Hall–Kier alpha value is -2.38. The highest BCUT2D eigenvalue weighted by Gasteiger charge is 2.05. The Morgan fingerprint density at radius 3 is 2.55 bits per heavy atom. The smallest absolute Gasteiger partial charge is 0.146 e. The van der Waals surface area contributed by atoms with Gasteiger partial charge in [0.1, 0.15) is 5.82 Å². The molecule has 0 aliphatic heterocycles. The molecule has 22 heavy (non-hydrogen) atoms. The number of para-hydroxylation sites is 1. The van der Waals surface area contributed by atoms with Crippen molar-refractivity contribution in [2.75, 3.05) is 25.0 Å². The molecule has 0 aliphatic carbocycles. The van der Waals surface area contributed by atoms with Crippen LogP contribution < -0.4 is 10.2 Å². The molecule has 0 saturated heterocycles.